The molecule has 3 aromatic carbocycles. The summed E-state index contributed by atoms with van der Waals surface area (Å²) >= 11 is 0. The molecule has 5 rings (SSSR count). The van der Waals surface area contributed by atoms with Gasteiger partial charge < -0.3 is 19.6 Å². The van der Waals surface area contributed by atoms with Crippen LogP contribution in [0.3, 0.4) is 0 Å². The number of methoxy groups -OCH3 is 1. The van der Waals surface area contributed by atoms with Crippen molar-refractivity contribution in [1.29, 1.82) is 0 Å². The van der Waals surface area contributed by atoms with Crippen LogP contribution >= 0.6 is 0 Å². The summed E-state index contributed by atoms with van der Waals surface area (Å²) in [6.45, 7) is -0.562. The number of hydrogen-bond donors (Lipinski definition) is 3. The van der Waals surface area contributed by atoms with Crippen LogP contribution in [0, 0.1) is 0 Å². The Hall–Kier alpha value is -5.82. The maximum atomic E-state index is 13.6. The van der Waals surface area contributed by atoms with Gasteiger partial charge in [0, 0.05) is 27.2 Å². The van der Waals surface area contributed by atoms with Crippen LogP contribution in [0.2, 0.25) is 0 Å². The Labute approximate surface area is 271 Å². The van der Waals surface area contributed by atoms with Crippen molar-refractivity contribution in [2.45, 2.75) is 12.1 Å². The summed E-state index contributed by atoms with van der Waals surface area (Å²) in [5, 5.41) is 17.8. The molecule has 0 spiro atoms. The van der Waals surface area contributed by atoms with E-state index in [0.717, 1.165) is 16.7 Å². The Morgan fingerprint density at radius 2 is 1.62 bits per heavy atom. The molecule has 0 fully saturated rings. The lowest BCUT2D eigenvalue weighted by Gasteiger charge is -2.38. The van der Waals surface area contributed by atoms with Gasteiger partial charge in [0.25, 0.3) is 5.56 Å². The molecule has 0 unspecified atom stereocenters. The van der Waals surface area contributed by atoms with Crippen LogP contribution in [-0.4, -0.2) is 93.7 Å². The fraction of sp³-hybridized carbons (Fsp3) is 0.235. The van der Waals surface area contributed by atoms with Crippen LogP contribution in [0.4, 0.5) is 5.95 Å². The number of aliphatic imine (C=N–C) groups is 1. The maximum absolute atomic E-state index is 13.6. The summed E-state index contributed by atoms with van der Waals surface area (Å²) in [7, 11) is 5.16. The van der Waals surface area contributed by atoms with E-state index in [1.54, 1.807) is 26.1 Å². The third kappa shape index (κ3) is 7.36. The van der Waals surface area contributed by atoms with Gasteiger partial charge in [0.05, 0.1) is 25.2 Å². The summed E-state index contributed by atoms with van der Waals surface area (Å²) in [4.78, 5) is 52.2. The summed E-state index contributed by atoms with van der Waals surface area (Å²) in [6, 6.07) is 27.6. The van der Waals surface area contributed by atoms with E-state index in [1.165, 1.54) is 22.1 Å². The van der Waals surface area contributed by atoms with Crippen molar-refractivity contribution in [3.8, 4) is 5.75 Å². The van der Waals surface area contributed by atoms with Gasteiger partial charge in [-0.15, -0.1) is 0 Å². The predicted octanol–water partition coefficient (Wildman–Crippen LogP) is 2.84. The minimum atomic E-state index is -1.16. The highest BCUT2D eigenvalue weighted by Crippen LogP contribution is 2.37. The highest BCUT2D eigenvalue weighted by Gasteiger charge is 2.36. The molecule has 3 N–H and O–H groups in total. The number of carboxylic acids is 1. The number of carbonyl (C=O) groups excluding carboxylic acids is 1. The summed E-state index contributed by atoms with van der Waals surface area (Å²) in [5.74, 6) is -0.907. The second-order valence-corrected chi connectivity index (χ2v) is 11.0. The molecule has 2 aromatic heterocycles. The largest absolute Gasteiger partial charge is 0.497 e. The SMILES string of the molecule is COc1ccc(C(NCCN(CC(=O)O)C(=O)Cn2ncc3c(=O)[nH]c(/N=C/N(C)C)nc32)(c2ccccc2)c2ccccc2)cc1. The van der Waals surface area contributed by atoms with Crippen LogP contribution in [0.1, 0.15) is 16.7 Å². The van der Waals surface area contributed by atoms with Gasteiger partial charge in [0.15, 0.2) is 5.65 Å². The molecule has 0 aliphatic heterocycles. The van der Waals surface area contributed by atoms with E-state index in [0.29, 0.717) is 5.75 Å². The molecular weight excluding hydrogens is 600 g/mol. The highest BCUT2D eigenvalue weighted by molar-refractivity contribution is 5.83. The van der Waals surface area contributed by atoms with Gasteiger partial charge in [-0.2, -0.15) is 10.1 Å². The third-order valence-corrected chi connectivity index (χ3v) is 7.58. The number of rotatable bonds is 14. The summed E-state index contributed by atoms with van der Waals surface area (Å²) in [5.41, 5.74) is 1.70. The van der Waals surface area contributed by atoms with Crippen LogP contribution in [0.5, 0.6) is 5.75 Å². The lowest BCUT2D eigenvalue weighted by atomic mass is 9.77. The van der Waals surface area contributed by atoms with E-state index in [1.807, 2.05) is 84.9 Å². The van der Waals surface area contributed by atoms with Crippen LogP contribution in [-0.2, 0) is 21.7 Å². The number of nitrogens with one attached hydrogen (secondary N) is 2. The minimum Gasteiger partial charge on any atom is -0.497 e. The zero-order valence-corrected chi connectivity index (χ0v) is 26.3. The molecule has 47 heavy (non-hydrogen) atoms. The first-order valence-electron chi connectivity index (χ1n) is 14.9. The molecule has 242 valence electrons. The molecular formula is C34H36N8O5. The van der Waals surface area contributed by atoms with Gasteiger partial charge >= 0.3 is 5.97 Å². The zero-order valence-electron chi connectivity index (χ0n) is 26.3. The maximum Gasteiger partial charge on any atom is 0.323 e. The topological polar surface area (TPSA) is 158 Å². The fourth-order valence-electron chi connectivity index (χ4n) is 5.39. The fourth-order valence-corrected chi connectivity index (χ4v) is 5.39. The second-order valence-electron chi connectivity index (χ2n) is 11.0. The van der Waals surface area contributed by atoms with Gasteiger partial charge in [-0.05, 0) is 28.8 Å². The van der Waals surface area contributed by atoms with Gasteiger partial charge in [-0.1, -0.05) is 72.8 Å². The lowest BCUT2D eigenvalue weighted by molar-refractivity contribution is -0.144. The van der Waals surface area contributed by atoms with Gasteiger partial charge in [-0.3, -0.25) is 24.7 Å². The molecule has 1 amide bonds. The zero-order chi connectivity index (χ0) is 33.4. The lowest BCUT2D eigenvalue weighted by Crippen LogP contribution is -2.49. The summed E-state index contributed by atoms with van der Waals surface area (Å²) in [6.07, 6.45) is 2.80. The first-order chi connectivity index (χ1) is 22.7. The number of aliphatic carboxylic acids is 1. The van der Waals surface area contributed by atoms with Crippen LogP contribution < -0.4 is 15.6 Å². The quantitative estimate of drug-likeness (QED) is 0.0947. The molecule has 0 radical (unpaired) electrons. The highest BCUT2D eigenvalue weighted by atomic mass is 16.5. The van der Waals surface area contributed by atoms with Gasteiger partial charge in [-0.25, -0.2) is 9.67 Å². The van der Waals surface area contributed by atoms with E-state index in [4.69, 9.17) is 4.74 Å². The molecule has 5 aromatic rings. The molecule has 0 bridgehead atoms. The number of benzene rings is 3. The smallest absolute Gasteiger partial charge is 0.323 e. The third-order valence-electron chi connectivity index (χ3n) is 7.58. The number of aromatic nitrogens is 4. The molecule has 13 nitrogen and oxygen atoms in total. The van der Waals surface area contributed by atoms with E-state index >= 15 is 0 Å². The van der Waals surface area contributed by atoms with E-state index in [-0.39, 0.29) is 36.6 Å². The second kappa shape index (κ2) is 14.5. The Bertz CT molecular complexity index is 1860. The average molecular weight is 637 g/mol. The average Bonchev–Trinajstić information content (AvgIpc) is 3.48. The number of aromatic amines is 1. The van der Waals surface area contributed by atoms with Crippen LogP contribution in [0.25, 0.3) is 11.0 Å². The van der Waals surface area contributed by atoms with E-state index in [2.05, 4.69) is 25.4 Å². The minimum absolute atomic E-state index is 0.0497. The Balaban J connectivity index is 1.45. The predicted molar refractivity (Wildman–Crippen MR) is 178 cm³/mol. The number of hydrogen-bond acceptors (Lipinski definition) is 8. The first-order valence-corrected chi connectivity index (χ1v) is 14.9. The molecule has 13 heteroatoms. The number of carboxylic acid groups (broad SMARTS) is 1. The Morgan fingerprint density at radius 3 is 2.19 bits per heavy atom. The number of nitrogens with zero attached hydrogens (tertiary/aromatic N) is 6. The van der Waals surface area contributed by atoms with Crippen molar-refractivity contribution < 1.29 is 19.4 Å². The van der Waals surface area contributed by atoms with E-state index < -0.39 is 29.5 Å². The molecule has 0 aliphatic carbocycles. The summed E-state index contributed by atoms with van der Waals surface area (Å²) < 4.78 is 6.69. The van der Waals surface area contributed by atoms with Crippen molar-refractivity contribution in [3.05, 3.63) is 118 Å². The van der Waals surface area contributed by atoms with Gasteiger partial charge in [0.2, 0.25) is 11.9 Å². The standard InChI is InChI=1S/C34H36N8O5/c1-40(2)23-35-33-38-31-28(32(46)39-33)20-37-42(31)21-29(43)41(22-30(44)45)19-18-36-34(24-10-6-4-7-11-24,25-12-8-5-9-13-25)26-14-16-27(47-3)17-15-26/h4-17,20,23,36H,18-19,21-22H2,1-3H3,(H,44,45)(H,38,39,46)/b35-23+. The van der Waals surface area contributed by atoms with Crippen molar-refractivity contribution in [2.24, 2.45) is 4.99 Å². The number of carbonyl (C=O) groups is 2. The molecule has 0 aliphatic rings. The van der Waals surface area contributed by atoms with Crippen molar-refractivity contribution in [2.75, 3.05) is 40.8 Å². The molecule has 0 saturated carbocycles. The van der Waals surface area contributed by atoms with Crippen LogP contribution in [0.15, 0.2) is 101 Å². The molecule has 0 saturated heterocycles. The van der Waals surface area contributed by atoms with Gasteiger partial charge in [0.1, 0.15) is 24.2 Å². The Morgan fingerprint density at radius 1 is 1.00 bits per heavy atom. The van der Waals surface area contributed by atoms with Crippen molar-refractivity contribution in [1.82, 2.24) is 34.9 Å². The van der Waals surface area contributed by atoms with Crippen molar-refractivity contribution in [3.63, 3.8) is 0 Å². The first kappa shape index (κ1) is 32.6. The van der Waals surface area contributed by atoms with Crippen molar-refractivity contribution >= 4 is 35.2 Å². The number of fused-ring (bicyclic) bond motifs is 1. The van der Waals surface area contributed by atoms with E-state index in [9.17, 15) is 19.5 Å². The number of H-pyrrole nitrogens is 1. The monoisotopic (exact) mass is 636 g/mol. The number of ether oxygens (including phenoxy) is 1. The normalized spacial score (nSPS) is 11.6. The Kier molecular flexibility index (Phi) is 10.1. The molecule has 0 atom stereocenters. The molecule has 2 heterocycles. The number of amides is 1.